The minimum absolute atomic E-state index is 0.0138. The number of carbonyl (C=O) groups is 1. The lowest BCUT2D eigenvalue weighted by Gasteiger charge is -2.32. The Morgan fingerprint density at radius 2 is 1.89 bits per heavy atom. The fourth-order valence-corrected chi connectivity index (χ4v) is 5.16. The number of para-hydroxylation sites is 1. The van der Waals surface area contributed by atoms with E-state index in [9.17, 15) is 4.79 Å². The van der Waals surface area contributed by atoms with Crippen LogP contribution in [-0.4, -0.2) is 82.7 Å². The Morgan fingerprint density at radius 1 is 1.05 bits per heavy atom. The average molecular weight is 522 g/mol. The molecule has 202 valence electrons. The maximum Gasteiger partial charge on any atom is 0.258 e. The van der Waals surface area contributed by atoms with E-state index in [0.29, 0.717) is 50.0 Å². The predicted octanol–water partition coefficient (Wildman–Crippen LogP) is 3.92. The van der Waals surface area contributed by atoms with Gasteiger partial charge in [-0.15, -0.1) is 0 Å². The third kappa shape index (κ3) is 5.49. The number of morpholine rings is 1. The van der Waals surface area contributed by atoms with Crippen molar-refractivity contribution < 1.29 is 28.5 Å². The third-order valence-electron chi connectivity index (χ3n) is 7.12. The van der Waals surface area contributed by atoms with Gasteiger partial charge in [-0.1, -0.05) is 6.07 Å². The molecule has 0 bridgehead atoms. The Balaban J connectivity index is 1.56. The number of amides is 1. The van der Waals surface area contributed by atoms with E-state index in [1.807, 2.05) is 29.2 Å². The van der Waals surface area contributed by atoms with Crippen molar-refractivity contribution in [2.75, 3.05) is 65.7 Å². The summed E-state index contributed by atoms with van der Waals surface area (Å²) >= 11 is 0. The summed E-state index contributed by atoms with van der Waals surface area (Å²) in [6.45, 7) is 4.31. The van der Waals surface area contributed by atoms with Gasteiger partial charge in [0.2, 0.25) is 0 Å². The molecule has 2 fully saturated rings. The highest BCUT2D eigenvalue weighted by Gasteiger charge is 2.28. The van der Waals surface area contributed by atoms with Gasteiger partial charge in [-0.05, 0) is 43.2 Å². The van der Waals surface area contributed by atoms with Crippen molar-refractivity contribution in [1.29, 1.82) is 0 Å². The number of carbonyl (C=O) groups excluding carboxylic acids is 1. The van der Waals surface area contributed by atoms with Crippen LogP contribution in [0, 0.1) is 0 Å². The molecule has 2 aliphatic rings. The lowest BCUT2D eigenvalue weighted by molar-refractivity contribution is 0.0504. The summed E-state index contributed by atoms with van der Waals surface area (Å²) in [6.07, 6.45) is 1.90. The molecule has 0 radical (unpaired) electrons. The van der Waals surface area contributed by atoms with Crippen LogP contribution in [0.15, 0.2) is 42.5 Å². The van der Waals surface area contributed by atoms with Gasteiger partial charge in [0.05, 0.1) is 51.7 Å². The van der Waals surface area contributed by atoms with Crippen molar-refractivity contribution in [1.82, 2.24) is 9.88 Å². The van der Waals surface area contributed by atoms with Crippen molar-refractivity contribution in [3.05, 3.63) is 53.6 Å². The van der Waals surface area contributed by atoms with E-state index in [2.05, 4.69) is 11.0 Å². The molecular formula is C29H35N3O6. The van der Waals surface area contributed by atoms with Crippen LogP contribution in [0.2, 0.25) is 0 Å². The number of fused-ring (bicyclic) bond motifs is 1. The predicted molar refractivity (Wildman–Crippen MR) is 145 cm³/mol. The van der Waals surface area contributed by atoms with E-state index in [-0.39, 0.29) is 12.0 Å². The molecule has 0 saturated carbocycles. The second kappa shape index (κ2) is 11.9. The molecule has 5 rings (SSSR count). The summed E-state index contributed by atoms with van der Waals surface area (Å²) in [6, 6.07) is 13.4. The molecule has 0 spiro atoms. The van der Waals surface area contributed by atoms with Crippen molar-refractivity contribution in [2.45, 2.75) is 25.5 Å². The first-order valence-corrected chi connectivity index (χ1v) is 13.0. The van der Waals surface area contributed by atoms with Crippen LogP contribution in [0.4, 0.5) is 5.82 Å². The average Bonchev–Trinajstić information content (AvgIpc) is 3.49. The van der Waals surface area contributed by atoms with Crippen LogP contribution < -0.4 is 19.1 Å². The minimum Gasteiger partial charge on any atom is -0.497 e. The molecular weight excluding hydrogens is 486 g/mol. The molecule has 2 aliphatic heterocycles. The van der Waals surface area contributed by atoms with Gasteiger partial charge in [-0.2, -0.15) is 0 Å². The number of hydrogen-bond donors (Lipinski definition) is 0. The number of aromatic nitrogens is 1. The van der Waals surface area contributed by atoms with E-state index in [1.165, 1.54) is 0 Å². The highest BCUT2D eigenvalue weighted by molar-refractivity contribution is 5.98. The highest BCUT2D eigenvalue weighted by atomic mass is 16.5. The summed E-state index contributed by atoms with van der Waals surface area (Å²) in [5.74, 6) is 2.42. The monoisotopic (exact) mass is 521 g/mol. The zero-order valence-corrected chi connectivity index (χ0v) is 22.3. The zero-order chi connectivity index (χ0) is 26.5. The lowest BCUT2D eigenvalue weighted by atomic mass is 10.1. The maximum atomic E-state index is 14.1. The second-order valence-electron chi connectivity index (χ2n) is 9.49. The van der Waals surface area contributed by atoms with Gasteiger partial charge in [0.1, 0.15) is 11.6 Å². The van der Waals surface area contributed by atoms with Gasteiger partial charge >= 0.3 is 0 Å². The molecule has 1 atom stereocenters. The summed E-state index contributed by atoms with van der Waals surface area (Å²) in [4.78, 5) is 23.2. The molecule has 1 amide bonds. The summed E-state index contributed by atoms with van der Waals surface area (Å²) < 4.78 is 28.1. The summed E-state index contributed by atoms with van der Waals surface area (Å²) in [7, 11) is 4.78. The second-order valence-corrected chi connectivity index (χ2v) is 9.49. The van der Waals surface area contributed by atoms with Crippen LogP contribution in [0.25, 0.3) is 10.9 Å². The van der Waals surface area contributed by atoms with Gasteiger partial charge < -0.3 is 33.5 Å². The number of anilines is 1. The van der Waals surface area contributed by atoms with E-state index in [0.717, 1.165) is 54.0 Å². The molecule has 9 nitrogen and oxygen atoms in total. The Bertz CT molecular complexity index is 1270. The number of pyridine rings is 1. The quantitative estimate of drug-likeness (QED) is 0.419. The first kappa shape index (κ1) is 26.1. The fourth-order valence-electron chi connectivity index (χ4n) is 5.16. The molecule has 9 heteroatoms. The van der Waals surface area contributed by atoms with E-state index in [4.69, 9.17) is 28.7 Å². The first-order chi connectivity index (χ1) is 18.6. The molecule has 0 aliphatic carbocycles. The van der Waals surface area contributed by atoms with Crippen LogP contribution in [0.5, 0.6) is 17.2 Å². The van der Waals surface area contributed by atoms with Crippen LogP contribution in [-0.2, 0) is 16.0 Å². The van der Waals surface area contributed by atoms with Crippen molar-refractivity contribution in [2.24, 2.45) is 0 Å². The minimum atomic E-state index is -0.140. The summed E-state index contributed by atoms with van der Waals surface area (Å²) in [5.41, 5.74) is 2.27. The SMILES string of the molecule is COc1ccc2cc(CN(CC3CCCO3)C(=O)c3cccc(OC)c3OC)c(N3CCOCC3)nc2c1. The molecule has 3 heterocycles. The fraction of sp³-hybridized carbons (Fsp3) is 0.448. The normalized spacial score (nSPS) is 17.4. The van der Waals surface area contributed by atoms with Gasteiger partial charge in [0.15, 0.2) is 11.5 Å². The van der Waals surface area contributed by atoms with Gasteiger partial charge in [-0.3, -0.25) is 4.79 Å². The molecule has 1 unspecified atom stereocenters. The van der Waals surface area contributed by atoms with E-state index in [1.54, 1.807) is 33.5 Å². The topological polar surface area (TPSA) is 82.6 Å². The Hall–Kier alpha value is -3.56. The smallest absolute Gasteiger partial charge is 0.258 e. The number of nitrogens with zero attached hydrogens (tertiary/aromatic N) is 3. The lowest BCUT2D eigenvalue weighted by Crippen LogP contribution is -2.40. The number of benzene rings is 2. The van der Waals surface area contributed by atoms with Crippen molar-refractivity contribution >= 4 is 22.6 Å². The largest absolute Gasteiger partial charge is 0.497 e. The zero-order valence-electron chi connectivity index (χ0n) is 22.3. The van der Waals surface area contributed by atoms with Crippen LogP contribution in [0.1, 0.15) is 28.8 Å². The standard InChI is InChI=1S/C29H35N3O6/c1-34-22-10-9-20-16-21(28(30-25(20)17-22)31-11-14-37-15-12-31)18-32(19-23-6-5-13-38-23)29(33)24-7-4-8-26(35-2)27(24)36-3/h4,7-10,16-17,23H,5-6,11-15,18-19H2,1-3H3. The van der Waals surface area contributed by atoms with E-state index >= 15 is 0 Å². The van der Waals surface area contributed by atoms with Gasteiger partial charge in [0.25, 0.3) is 5.91 Å². The van der Waals surface area contributed by atoms with Gasteiger partial charge in [-0.25, -0.2) is 4.98 Å². The molecule has 0 N–H and O–H groups in total. The highest BCUT2D eigenvalue weighted by Crippen LogP contribution is 2.33. The third-order valence-corrected chi connectivity index (χ3v) is 7.12. The Morgan fingerprint density at radius 3 is 2.61 bits per heavy atom. The molecule has 2 aromatic carbocycles. The van der Waals surface area contributed by atoms with Crippen molar-refractivity contribution in [3.8, 4) is 17.2 Å². The number of ether oxygens (including phenoxy) is 5. The molecule has 3 aromatic rings. The maximum absolute atomic E-state index is 14.1. The number of rotatable bonds is 9. The molecule has 1 aromatic heterocycles. The number of methoxy groups -OCH3 is 3. The Kier molecular flexibility index (Phi) is 8.14. The van der Waals surface area contributed by atoms with Crippen LogP contribution >= 0.6 is 0 Å². The first-order valence-electron chi connectivity index (χ1n) is 13.0. The van der Waals surface area contributed by atoms with Gasteiger partial charge in [0, 0.05) is 49.8 Å². The molecule has 38 heavy (non-hydrogen) atoms. The van der Waals surface area contributed by atoms with E-state index < -0.39 is 0 Å². The number of hydrogen-bond acceptors (Lipinski definition) is 8. The molecule has 2 saturated heterocycles. The Labute approximate surface area is 223 Å². The van der Waals surface area contributed by atoms with Crippen molar-refractivity contribution in [3.63, 3.8) is 0 Å². The van der Waals surface area contributed by atoms with Crippen LogP contribution in [0.3, 0.4) is 0 Å². The summed E-state index contributed by atoms with van der Waals surface area (Å²) in [5, 5.41) is 0.987.